The molecule has 1 aliphatic heterocycles. The maximum absolute atomic E-state index is 11.0. The highest BCUT2D eigenvalue weighted by molar-refractivity contribution is 5.70. The van der Waals surface area contributed by atoms with Crippen molar-refractivity contribution in [2.45, 2.75) is 45.6 Å². The van der Waals surface area contributed by atoms with E-state index >= 15 is 0 Å². The van der Waals surface area contributed by atoms with Gasteiger partial charge in [-0.2, -0.15) is 0 Å². The normalized spacial score (nSPS) is 41.1. The van der Waals surface area contributed by atoms with E-state index in [4.69, 9.17) is 5.11 Å². The highest BCUT2D eigenvalue weighted by atomic mass is 16.4. The van der Waals surface area contributed by atoms with Gasteiger partial charge >= 0.3 is 5.97 Å². The Morgan fingerprint density at radius 3 is 2.31 bits per heavy atom. The van der Waals surface area contributed by atoms with Crippen LogP contribution in [0.1, 0.15) is 39.5 Å². The predicted molar refractivity (Wildman–Crippen MR) is 63.3 cm³/mol. The summed E-state index contributed by atoms with van der Waals surface area (Å²) in [4.78, 5) is 13.4. The molecule has 0 amide bonds. The van der Waals surface area contributed by atoms with Crippen LogP contribution in [0.25, 0.3) is 0 Å². The Bertz CT molecular complexity index is 257. The summed E-state index contributed by atoms with van der Waals surface area (Å²) in [6.45, 7) is 6.41. The molecule has 0 aromatic rings. The quantitative estimate of drug-likeness (QED) is 0.783. The first-order valence-electron chi connectivity index (χ1n) is 6.56. The summed E-state index contributed by atoms with van der Waals surface area (Å²) < 4.78 is 0. The van der Waals surface area contributed by atoms with Crippen LogP contribution in [0.15, 0.2) is 0 Å². The van der Waals surface area contributed by atoms with Gasteiger partial charge in [0.15, 0.2) is 0 Å². The molecule has 0 aromatic heterocycles. The maximum atomic E-state index is 11.0. The first-order valence-corrected chi connectivity index (χ1v) is 6.56. The molecule has 0 bridgehead atoms. The van der Waals surface area contributed by atoms with Gasteiger partial charge in [0.1, 0.15) is 0 Å². The molecule has 2 aliphatic rings. The van der Waals surface area contributed by atoms with Crippen molar-refractivity contribution in [2.75, 3.05) is 13.1 Å². The summed E-state index contributed by atoms with van der Waals surface area (Å²) in [6.07, 6.45) is 4.80. The summed E-state index contributed by atoms with van der Waals surface area (Å²) in [6, 6.07) is 0.623. The number of hydrogen-bond donors (Lipinski definition) is 1. The Labute approximate surface area is 97.8 Å². The van der Waals surface area contributed by atoms with Gasteiger partial charge in [0.25, 0.3) is 0 Å². The van der Waals surface area contributed by atoms with Crippen molar-refractivity contribution in [3.05, 3.63) is 0 Å². The summed E-state index contributed by atoms with van der Waals surface area (Å²) in [5, 5.41) is 9.03. The molecule has 1 saturated carbocycles. The highest BCUT2D eigenvalue weighted by Gasteiger charge is 2.38. The minimum absolute atomic E-state index is 0.124. The zero-order valence-corrected chi connectivity index (χ0v) is 10.4. The number of carbonyl (C=O) groups is 1. The minimum Gasteiger partial charge on any atom is -0.481 e. The number of likely N-dealkylation sites (tertiary alicyclic amines) is 1. The predicted octanol–water partition coefficient (Wildman–Crippen LogP) is 2.22. The van der Waals surface area contributed by atoms with E-state index in [0.717, 1.165) is 31.3 Å². The number of carboxylic acid groups (broad SMARTS) is 1. The molecule has 1 N–H and O–H groups in total. The zero-order chi connectivity index (χ0) is 11.7. The lowest BCUT2D eigenvalue weighted by molar-refractivity contribution is -0.141. The van der Waals surface area contributed by atoms with Gasteiger partial charge in [-0.25, -0.2) is 0 Å². The molecule has 1 saturated heterocycles. The molecule has 16 heavy (non-hydrogen) atoms. The van der Waals surface area contributed by atoms with Gasteiger partial charge < -0.3 is 5.11 Å². The summed E-state index contributed by atoms with van der Waals surface area (Å²) in [5.41, 5.74) is 0. The Balaban J connectivity index is 1.99. The Morgan fingerprint density at radius 1 is 1.19 bits per heavy atom. The Kier molecular flexibility index (Phi) is 3.53. The lowest BCUT2D eigenvalue weighted by Crippen LogP contribution is -2.45. The second-order valence-electron chi connectivity index (χ2n) is 5.69. The van der Waals surface area contributed by atoms with Gasteiger partial charge in [0.05, 0.1) is 5.92 Å². The van der Waals surface area contributed by atoms with E-state index in [-0.39, 0.29) is 5.92 Å². The van der Waals surface area contributed by atoms with Gasteiger partial charge in [-0.1, -0.05) is 20.3 Å². The summed E-state index contributed by atoms with van der Waals surface area (Å²) in [5.74, 6) is 0.729. The summed E-state index contributed by atoms with van der Waals surface area (Å²) >= 11 is 0. The van der Waals surface area contributed by atoms with Crippen molar-refractivity contribution in [1.29, 1.82) is 0 Å². The fraction of sp³-hybridized carbons (Fsp3) is 0.923. The third-order valence-corrected chi connectivity index (χ3v) is 4.48. The van der Waals surface area contributed by atoms with E-state index in [1.807, 2.05) is 0 Å². The van der Waals surface area contributed by atoms with E-state index in [0.29, 0.717) is 6.04 Å². The van der Waals surface area contributed by atoms with E-state index in [2.05, 4.69) is 18.7 Å². The van der Waals surface area contributed by atoms with E-state index in [1.54, 1.807) is 0 Å². The van der Waals surface area contributed by atoms with Crippen molar-refractivity contribution in [1.82, 2.24) is 4.90 Å². The van der Waals surface area contributed by atoms with Gasteiger partial charge in [-0.3, -0.25) is 9.69 Å². The summed E-state index contributed by atoms with van der Waals surface area (Å²) in [7, 11) is 0. The highest BCUT2D eigenvalue weighted by Crippen LogP contribution is 2.35. The first kappa shape index (κ1) is 11.9. The lowest BCUT2D eigenvalue weighted by Gasteiger charge is -2.41. The van der Waals surface area contributed by atoms with Crippen molar-refractivity contribution in [3.8, 4) is 0 Å². The second kappa shape index (κ2) is 4.74. The Hall–Kier alpha value is -0.570. The van der Waals surface area contributed by atoms with Crippen molar-refractivity contribution in [2.24, 2.45) is 17.8 Å². The number of carboxylic acids is 1. The lowest BCUT2D eigenvalue weighted by atomic mass is 9.78. The fourth-order valence-corrected chi connectivity index (χ4v) is 3.64. The van der Waals surface area contributed by atoms with Crippen LogP contribution in [-0.4, -0.2) is 35.1 Å². The standard InChI is InChI=1S/C13H23NO2/c1-9-4-3-5-10(2)12(9)14-7-6-11(8-14)13(15)16/h9-12H,3-8H2,1-2H3,(H,15,16). The van der Waals surface area contributed by atoms with Crippen molar-refractivity contribution < 1.29 is 9.90 Å². The largest absolute Gasteiger partial charge is 0.481 e. The topological polar surface area (TPSA) is 40.5 Å². The molecule has 3 atom stereocenters. The van der Waals surface area contributed by atoms with Gasteiger partial charge in [-0.05, 0) is 37.6 Å². The molecule has 2 fully saturated rings. The molecular formula is C13H23NO2. The fourth-order valence-electron chi connectivity index (χ4n) is 3.64. The van der Waals surface area contributed by atoms with E-state index in [1.165, 1.54) is 19.3 Å². The number of nitrogens with zero attached hydrogens (tertiary/aromatic N) is 1. The van der Waals surface area contributed by atoms with Crippen LogP contribution in [-0.2, 0) is 4.79 Å². The van der Waals surface area contributed by atoms with Gasteiger partial charge in [0, 0.05) is 12.6 Å². The number of aliphatic carboxylic acids is 1. The zero-order valence-electron chi connectivity index (χ0n) is 10.4. The maximum Gasteiger partial charge on any atom is 0.307 e. The molecular weight excluding hydrogens is 202 g/mol. The monoisotopic (exact) mass is 225 g/mol. The van der Waals surface area contributed by atoms with Crippen molar-refractivity contribution in [3.63, 3.8) is 0 Å². The van der Waals surface area contributed by atoms with Gasteiger partial charge in [0.2, 0.25) is 0 Å². The molecule has 3 heteroatoms. The average molecular weight is 225 g/mol. The average Bonchev–Trinajstić information content (AvgIpc) is 2.66. The van der Waals surface area contributed by atoms with E-state index in [9.17, 15) is 4.79 Å². The Morgan fingerprint density at radius 2 is 1.81 bits per heavy atom. The van der Waals surface area contributed by atoms with Crippen LogP contribution in [0.2, 0.25) is 0 Å². The van der Waals surface area contributed by atoms with Crippen LogP contribution in [0.5, 0.6) is 0 Å². The molecule has 3 unspecified atom stereocenters. The van der Waals surface area contributed by atoms with Gasteiger partial charge in [-0.15, -0.1) is 0 Å². The van der Waals surface area contributed by atoms with Crippen LogP contribution < -0.4 is 0 Å². The smallest absolute Gasteiger partial charge is 0.307 e. The molecule has 2 rings (SSSR count). The van der Waals surface area contributed by atoms with Crippen LogP contribution >= 0.6 is 0 Å². The van der Waals surface area contributed by atoms with Crippen LogP contribution in [0.3, 0.4) is 0 Å². The molecule has 1 aliphatic carbocycles. The molecule has 0 spiro atoms. The van der Waals surface area contributed by atoms with Crippen LogP contribution in [0.4, 0.5) is 0 Å². The molecule has 1 heterocycles. The van der Waals surface area contributed by atoms with Crippen LogP contribution in [0, 0.1) is 17.8 Å². The molecule has 3 nitrogen and oxygen atoms in total. The first-order chi connectivity index (χ1) is 7.59. The van der Waals surface area contributed by atoms with Crippen molar-refractivity contribution >= 4 is 5.97 Å². The molecule has 0 radical (unpaired) electrons. The second-order valence-corrected chi connectivity index (χ2v) is 5.69. The minimum atomic E-state index is -0.612. The third kappa shape index (κ3) is 2.24. The molecule has 0 aromatic carbocycles. The van der Waals surface area contributed by atoms with E-state index < -0.39 is 5.97 Å². The SMILES string of the molecule is CC1CCCC(C)C1N1CCC(C(=O)O)C1. The molecule has 92 valence electrons. The third-order valence-electron chi connectivity index (χ3n) is 4.48. The number of hydrogen-bond acceptors (Lipinski definition) is 2. The number of rotatable bonds is 2.